The van der Waals surface area contributed by atoms with E-state index in [1.165, 1.54) is 0 Å². The average Bonchev–Trinajstić information content (AvgIpc) is 2.93. The second-order valence-electron chi connectivity index (χ2n) is 8.49. The summed E-state index contributed by atoms with van der Waals surface area (Å²) in [7, 11) is 0. The van der Waals surface area contributed by atoms with Crippen LogP contribution in [0.5, 0.6) is 0 Å². The summed E-state index contributed by atoms with van der Waals surface area (Å²) in [4.78, 5) is 12.9. The highest BCUT2D eigenvalue weighted by Crippen LogP contribution is 2.33. The monoisotopic (exact) mass is 413 g/mol. The molecule has 1 rings (SSSR count). The van der Waals surface area contributed by atoms with E-state index in [1.54, 1.807) is 6.08 Å². The number of halogens is 1. The molecular formula is C21H36ClN3O3. The molecular weight excluding hydrogens is 378 g/mol. The minimum atomic E-state index is -0.842. The highest BCUT2D eigenvalue weighted by molar-refractivity contribution is 6.19. The van der Waals surface area contributed by atoms with E-state index in [-0.39, 0.29) is 48.9 Å². The molecule has 1 unspecified atom stereocenters. The molecule has 1 aliphatic heterocycles. The third-order valence-corrected chi connectivity index (χ3v) is 5.01. The molecule has 1 amide bonds. The smallest absolute Gasteiger partial charge is 0.237 e. The van der Waals surface area contributed by atoms with Gasteiger partial charge in [-0.25, -0.2) is 0 Å². The lowest BCUT2D eigenvalue weighted by molar-refractivity contribution is -0.123. The number of hydrogen-bond acceptors (Lipinski definition) is 5. The van der Waals surface area contributed by atoms with Crippen molar-refractivity contribution in [3.05, 3.63) is 36.5 Å². The van der Waals surface area contributed by atoms with Gasteiger partial charge in [-0.3, -0.25) is 4.79 Å². The van der Waals surface area contributed by atoms with Gasteiger partial charge in [-0.15, -0.1) is 11.6 Å². The van der Waals surface area contributed by atoms with Crippen LogP contribution in [0.15, 0.2) is 36.5 Å². The predicted octanol–water partition coefficient (Wildman–Crippen LogP) is 1.47. The first-order chi connectivity index (χ1) is 13.1. The SMILES string of the molecule is C=C/C=C\C(=C/CCl)[C@@H]1C(N)[C@H](CC(C)(C)C)N[C@H]1C(=O)NCC[C@H](O)CO. The quantitative estimate of drug-likeness (QED) is 0.275. The topological polar surface area (TPSA) is 108 Å². The van der Waals surface area contributed by atoms with Gasteiger partial charge in [-0.1, -0.05) is 51.7 Å². The van der Waals surface area contributed by atoms with E-state index in [1.807, 2.05) is 18.2 Å². The number of hydrogen-bond donors (Lipinski definition) is 5. The minimum Gasteiger partial charge on any atom is -0.394 e. The zero-order chi connectivity index (χ0) is 21.3. The Hall–Kier alpha value is -1.18. The number of allylic oxidation sites excluding steroid dienone is 4. The number of carbonyl (C=O) groups excluding carboxylic acids is 1. The zero-order valence-electron chi connectivity index (χ0n) is 17.2. The lowest BCUT2D eigenvalue weighted by Gasteiger charge is -2.27. The lowest BCUT2D eigenvalue weighted by atomic mass is 9.81. The molecule has 0 bridgehead atoms. The summed E-state index contributed by atoms with van der Waals surface area (Å²) in [5.74, 6) is -0.0828. The van der Waals surface area contributed by atoms with Gasteiger partial charge in [-0.2, -0.15) is 0 Å². The second kappa shape index (κ2) is 11.7. The van der Waals surface area contributed by atoms with Crippen LogP contribution >= 0.6 is 11.6 Å². The Bertz CT molecular complexity index is 572. The molecule has 0 spiro atoms. The largest absolute Gasteiger partial charge is 0.394 e. The summed E-state index contributed by atoms with van der Waals surface area (Å²) >= 11 is 5.96. The zero-order valence-corrected chi connectivity index (χ0v) is 18.0. The molecule has 6 N–H and O–H groups in total. The highest BCUT2D eigenvalue weighted by atomic mass is 35.5. The fraction of sp³-hybridized carbons (Fsp3) is 0.667. The number of carbonyl (C=O) groups is 1. The van der Waals surface area contributed by atoms with Crippen LogP contribution in [0.4, 0.5) is 0 Å². The van der Waals surface area contributed by atoms with Crippen LogP contribution < -0.4 is 16.4 Å². The Labute approximate surface area is 173 Å². The molecule has 0 aromatic carbocycles. The van der Waals surface area contributed by atoms with Crippen LogP contribution in [0.3, 0.4) is 0 Å². The second-order valence-corrected chi connectivity index (χ2v) is 8.80. The summed E-state index contributed by atoms with van der Waals surface area (Å²) in [6.07, 6.45) is 7.54. The first-order valence-corrected chi connectivity index (χ1v) is 10.3. The molecule has 5 atom stereocenters. The van der Waals surface area contributed by atoms with Gasteiger partial charge in [-0.05, 0) is 23.8 Å². The van der Waals surface area contributed by atoms with Crippen molar-refractivity contribution in [3.63, 3.8) is 0 Å². The number of amides is 1. The average molecular weight is 414 g/mol. The van der Waals surface area contributed by atoms with Crippen LogP contribution in [0.2, 0.25) is 0 Å². The maximum atomic E-state index is 12.9. The predicted molar refractivity (Wildman–Crippen MR) is 115 cm³/mol. The number of nitrogens with one attached hydrogen (secondary N) is 2. The molecule has 0 radical (unpaired) electrons. The third kappa shape index (κ3) is 7.68. The summed E-state index contributed by atoms with van der Waals surface area (Å²) in [6.45, 7) is 10.1. The lowest BCUT2D eigenvalue weighted by Crippen LogP contribution is -2.46. The third-order valence-electron chi connectivity index (χ3n) is 4.86. The highest BCUT2D eigenvalue weighted by Gasteiger charge is 2.46. The standard InChI is InChI=1S/C21H36ClN3O3/c1-5-6-7-14(8-10-22)17-18(23)16(12-21(2,3)4)25-19(17)20(28)24-11-9-15(27)13-26/h5-8,15-19,25-27H,1,9-13,23H2,2-4H3,(H,24,28)/b7-6-,14-8+/t15-,16-,17+,18?,19+/m0/s1. The minimum absolute atomic E-state index is 0.0142. The fourth-order valence-electron chi connectivity index (χ4n) is 3.57. The van der Waals surface area contributed by atoms with Crippen molar-refractivity contribution in [2.45, 2.75) is 57.8 Å². The molecule has 6 nitrogen and oxygen atoms in total. The van der Waals surface area contributed by atoms with Crippen LogP contribution in [0, 0.1) is 11.3 Å². The summed E-state index contributed by atoms with van der Waals surface area (Å²) < 4.78 is 0. The first-order valence-electron chi connectivity index (χ1n) is 9.78. The molecule has 1 fully saturated rings. The van der Waals surface area contributed by atoms with E-state index in [0.717, 1.165) is 12.0 Å². The maximum absolute atomic E-state index is 12.9. The summed E-state index contributed by atoms with van der Waals surface area (Å²) in [5, 5.41) is 24.7. The summed E-state index contributed by atoms with van der Waals surface area (Å²) in [5.41, 5.74) is 7.56. The number of alkyl halides is 1. The van der Waals surface area contributed by atoms with Crippen LogP contribution in [0.25, 0.3) is 0 Å². The Morgan fingerprint density at radius 3 is 2.64 bits per heavy atom. The van der Waals surface area contributed by atoms with Crippen molar-refractivity contribution in [2.75, 3.05) is 19.0 Å². The molecule has 0 aromatic heterocycles. The number of aliphatic hydroxyl groups excluding tert-OH is 2. The van der Waals surface area contributed by atoms with Gasteiger partial charge >= 0.3 is 0 Å². The van der Waals surface area contributed by atoms with Gasteiger partial charge in [0.2, 0.25) is 5.91 Å². The fourth-order valence-corrected chi connectivity index (χ4v) is 3.75. The van der Waals surface area contributed by atoms with Gasteiger partial charge in [0.25, 0.3) is 0 Å². The Morgan fingerprint density at radius 2 is 2.11 bits per heavy atom. The van der Waals surface area contributed by atoms with Gasteiger partial charge in [0.1, 0.15) is 0 Å². The van der Waals surface area contributed by atoms with E-state index in [4.69, 9.17) is 22.4 Å². The van der Waals surface area contributed by atoms with Gasteiger partial charge in [0, 0.05) is 30.4 Å². The molecule has 7 heteroatoms. The van der Waals surface area contributed by atoms with Gasteiger partial charge in [0.05, 0.1) is 18.8 Å². The Balaban J connectivity index is 3.05. The number of rotatable bonds is 10. The van der Waals surface area contributed by atoms with E-state index < -0.39 is 12.1 Å². The number of nitrogens with two attached hydrogens (primary N) is 1. The molecule has 0 aliphatic carbocycles. The number of aliphatic hydroxyl groups is 2. The van der Waals surface area contributed by atoms with E-state index >= 15 is 0 Å². The van der Waals surface area contributed by atoms with Gasteiger partial charge < -0.3 is 26.6 Å². The van der Waals surface area contributed by atoms with Crippen molar-refractivity contribution >= 4 is 17.5 Å². The normalized spacial score (nSPS) is 27.2. The van der Waals surface area contributed by atoms with Crippen molar-refractivity contribution in [3.8, 4) is 0 Å². The van der Waals surface area contributed by atoms with E-state index in [9.17, 15) is 9.90 Å². The molecule has 1 aliphatic rings. The van der Waals surface area contributed by atoms with Crippen LogP contribution in [0.1, 0.15) is 33.6 Å². The van der Waals surface area contributed by atoms with Crippen LogP contribution in [-0.2, 0) is 4.79 Å². The molecule has 1 heterocycles. The van der Waals surface area contributed by atoms with E-state index in [0.29, 0.717) is 5.88 Å². The van der Waals surface area contributed by atoms with E-state index in [2.05, 4.69) is 38.0 Å². The molecule has 0 aromatic rings. The van der Waals surface area contributed by atoms with Crippen molar-refractivity contribution in [2.24, 2.45) is 17.1 Å². The Morgan fingerprint density at radius 1 is 1.43 bits per heavy atom. The van der Waals surface area contributed by atoms with Gasteiger partial charge in [0.15, 0.2) is 0 Å². The molecule has 0 saturated carbocycles. The molecule has 28 heavy (non-hydrogen) atoms. The molecule has 160 valence electrons. The Kier molecular flexibility index (Phi) is 10.4. The molecule has 1 saturated heterocycles. The van der Waals surface area contributed by atoms with Crippen molar-refractivity contribution in [1.82, 2.24) is 10.6 Å². The van der Waals surface area contributed by atoms with Crippen LogP contribution in [-0.4, -0.2) is 59.4 Å². The maximum Gasteiger partial charge on any atom is 0.237 e. The van der Waals surface area contributed by atoms with Crippen molar-refractivity contribution in [1.29, 1.82) is 0 Å². The summed E-state index contributed by atoms with van der Waals surface area (Å²) in [6, 6.07) is -0.765. The van der Waals surface area contributed by atoms with Crippen molar-refractivity contribution < 1.29 is 15.0 Å². The first kappa shape index (κ1) is 24.9.